The number of nitrogens with one attached hydrogen (secondary N) is 1. The highest BCUT2D eigenvalue weighted by atomic mass is 79.9. The van der Waals surface area contributed by atoms with Crippen LogP contribution in [-0.2, 0) is 16.2 Å². The van der Waals surface area contributed by atoms with E-state index < -0.39 is 30.1 Å². The largest absolute Gasteiger partial charge is 0.393 e. The van der Waals surface area contributed by atoms with Gasteiger partial charge >= 0.3 is 0 Å². The number of azide groups is 1. The first kappa shape index (κ1) is 24.4. The Kier molecular flexibility index (Phi) is 6.77. The maximum atomic E-state index is 14.7. The van der Waals surface area contributed by atoms with Crippen molar-refractivity contribution >= 4 is 21.8 Å². The van der Waals surface area contributed by atoms with Crippen LogP contribution in [0.2, 0.25) is 0 Å². The SMILES string of the molecule is C[C@@H]1[C@@H](NC(=O)[C@@H]2[C@H]([C@H](C)O)[C@H](N=[N+]=[N-])ON2Cc2cccc(Br)c2F)C[C@@H]2C[C@H]1C2(C)C. The Morgan fingerprint density at radius 1 is 1.48 bits per heavy atom. The second-order valence-electron chi connectivity index (χ2n) is 10.3. The highest BCUT2D eigenvalue weighted by molar-refractivity contribution is 9.10. The van der Waals surface area contributed by atoms with Crippen LogP contribution in [0.5, 0.6) is 0 Å². The van der Waals surface area contributed by atoms with Gasteiger partial charge in [0, 0.05) is 22.4 Å². The summed E-state index contributed by atoms with van der Waals surface area (Å²) in [5, 5.41) is 18.7. The summed E-state index contributed by atoms with van der Waals surface area (Å²) in [5.74, 6) is -0.102. The lowest BCUT2D eigenvalue weighted by Crippen LogP contribution is -2.62. The molecule has 8 nitrogen and oxygen atoms in total. The van der Waals surface area contributed by atoms with E-state index in [1.165, 1.54) is 11.5 Å². The smallest absolute Gasteiger partial charge is 0.240 e. The van der Waals surface area contributed by atoms with Crippen LogP contribution in [0, 0.1) is 34.9 Å². The van der Waals surface area contributed by atoms with Gasteiger partial charge in [-0.2, -0.15) is 5.06 Å². The van der Waals surface area contributed by atoms with Gasteiger partial charge in [-0.3, -0.25) is 9.63 Å². The Hall–Kier alpha value is -1.71. The molecule has 8 atom stereocenters. The summed E-state index contributed by atoms with van der Waals surface area (Å²) in [6.07, 6.45) is 0.0433. The summed E-state index contributed by atoms with van der Waals surface area (Å²) in [6.45, 7) is 8.28. The Labute approximate surface area is 201 Å². The molecule has 1 saturated heterocycles. The number of amides is 1. The molecule has 1 amide bonds. The van der Waals surface area contributed by atoms with Crippen LogP contribution in [0.3, 0.4) is 0 Å². The lowest BCUT2D eigenvalue weighted by molar-refractivity contribution is -0.176. The number of halogens is 2. The van der Waals surface area contributed by atoms with E-state index in [1.54, 1.807) is 25.1 Å². The summed E-state index contributed by atoms with van der Waals surface area (Å²) in [7, 11) is 0. The van der Waals surface area contributed by atoms with Gasteiger partial charge < -0.3 is 10.4 Å². The summed E-state index contributed by atoms with van der Waals surface area (Å²) in [4.78, 5) is 22.2. The van der Waals surface area contributed by atoms with Gasteiger partial charge in [0.1, 0.15) is 11.9 Å². The van der Waals surface area contributed by atoms with Crippen molar-refractivity contribution in [3.05, 3.63) is 44.5 Å². The third kappa shape index (κ3) is 4.28. The summed E-state index contributed by atoms with van der Waals surface area (Å²) in [6, 6.07) is 3.98. The van der Waals surface area contributed by atoms with Gasteiger partial charge in [-0.25, -0.2) is 4.39 Å². The van der Waals surface area contributed by atoms with Crippen molar-refractivity contribution in [3.63, 3.8) is 0 Å². The summed E-state index contributed by atoms with van der Waals surface area (Å²) in [5.41, 5.74) is 9.61. The van der Waals surface area contributed by atoms with E-state index in [0.717, 1.165) is 6.42 Å². The number of aliphatic hydroxyl groups excluding tert-OH is 1. The van der Waals surface area contributed by atoms with Crippen molar-refractivity contribution in [2.45, 2.75) is 71.5 Å². The number of benzene rings is 1. The molecule has 0 spiro atoms. The number of hydroxylamine groups is 2. The van der Waals surface area contributed by atoms with Gasteiger partial charge in [-0.05, 0) is 70.5 Å². The van der Waals surface area contributed by atoms with Gasteiger partial charge in [0.25, 0.3) is 0 Å². The molecule has 3 saturated carbocycles. The lowest BCUT2D eigenvalue weighted by atomic mass is 9.45. The number of carbonyl (C=O) groups excluding carboxylic acids is 1. The molecular formula is C23H31BrFN5O3. The standard InChI is InChI=1S/C23H31BrFN5O3/c1-11-15-8-14(23(15,3)4)9-17(11)27-21(32)20-18(12(2)31)22(28-29-26)33-30(20)10-13-6-5-7-16(24)19(13)25/h5-7,11-12,14-15,17-18,20,22,31H,8-10H2,1-4H3,(H,27,32)/t11-,12-,14-,15+,17-,18-,20-,22+/m0/s1. The van der Waals surface area contributed by atoms with Gasteiger partial charge in [0.05, 0.1) is 17.1 Å². The van der Waals surface area contributed by atoms with Crippen LogP contribution in [0.15, 0.2) is 27.8 Å². The number of rotatable bonds is 6. The lowest BCUT2D eigenvalue weighted by Gasteiger charge is -2.62. The predicted molar refractivity (Wildman–Crippen MR) is 124 cm³/mol. The molecule has 3 aliphatic carbocycles. The molecule has 1 aliphatic heterocycles. The topological polar surface area (TPSA) is 111 Å². The number of hydrogen-bond donors (Lipinski definition) is 2. The van der Waals surface area contributed by atoms with Gasteiger partial charge in [-0.15, -0.1) is 0 Å². The molecule has 1 aromatic carbocycles. The average molecular weight is 524 g/mol. The maximum absolute atomic E-state index is 14.7. The van der Waals surface area contributed by atoms with Crippen LogP contribution in [0.1, 0.15) is 46.1 Å². The Balaban J connectivity index is 1.59. The zero-order valence-electron chi connectivity index (χ0n) is 19.3. The minimum absolute atomic E-state index is 0.0203. The maximum Gasteiger partial charge on any atom is 0.240 e. The molecule has 1 heterocycles. The molecule has 4 fully saturated rings. The van der Waals surface area contributed by atoms with Crippen molar-refractivity contribution in [1.29, 1.82) is 0 Å². The van der Waals surface area contributed by atoms with Crippen molar-refractivity contribution in [2.75, 3.05) is 0 Å². The summed E-state index contributed by atoms with van der Waals surface area (Å²) < 4.78 is 15.0. The molecule has 2 bridgehead atoms. The summed E-state index contributed by atoms with van der Waals surface area (Å²) >= 11 is 3.18. The van der Waals surface area contributed by atoms with Gasteiger partial charge in [0.15, 0.2) is 6.23 Å². The van der Waals surface area contributed by atoms with Crippen molar-refractivity contribution in [2.24, 2.45) is 34.2 Å². The zero-order valence-corrected chi connectivity index (χ0v) is 20.9. The Morgan fingerprint density at radius 3 is 2.82 bits per heavy atom. The number of nitrogens with zero attached hydrogens (tertiary/aromatic N) is 4. The van der Waals surface area contributed by atoms with E-state index in [4.69, 9.17) is 10.4 Å². The second-order valence-corrected chi connectivity index (χ2v) is 11.2. The Morgan fingerprint density at radius 2 is 2.21 bits per heavy atom. The normalized spacial score (nSPS) is 35.9. The molecule has 0 radical (unpaired) electrons. The third-order valence-corrected chi connectivity index (χ3v) is 8.89. The average Bonchev–Trinajstić information content (AvgIpc) is 3.10. The first-order valence-corrected chi connectivity index (χ1v) is 12.2. The van der Waals surface area contributed by atoms with Crippen molar-refractivity contribution < 1.29 is 19.1 Å². The molecule has 33 heavy (non-hydrogen) atoms. The molecule has 1 aromatic rings. The van der Waals surface area contributed by atoms with Gasteiger partial charge in [0.2, 0.25) is 5.91 Å². The highest BCUT2D eigenvalue weighted by Crippen LogP contribution is 2.61. The quantitative estimate of drug-likeness (QED) is 0.324. The number of carbonyl (C=O) groups is 1. The molecular weight excluding hydrogens is 493 g/mol. The van der Waals surface area contributed by atoms with E-state index in [0.29, 0.717) is 27.8 Å². The number of aliphatic hydroxyl groups is 1. The molecule has 180 valence electrons. The first-order valence-electron chi connectivity index (χ1n) is 11.4. The minimum atomic E-state index is -1.07. The van der Waals surface area contributed by atoms with E-state index in [2.05, 4.69) is 52.0 Å². The van der Waals surface area contributed by atoms with Crippen LogP contribution in [-0.4, -0.2) is 40.5 Å². The van der Waals surface area contributed by atoms with Gasteiger partial charge in [-0.1, -0.05) is 38.0 Å². The molecule has 10 heteroatoms. The molecule has 0 aromatic heterocycles. The van der Waals surface area contributed by atoms with Crippen LogP contribution < -0.4 is 5.32 Å². The Bertz CT molecular complexity index is 969. The van der Waals surface area contributed by atoms with Crippen molar-refractivity contribution in [3.8, 4) is 0 Å². The highest BCUT2D eigenvalue weighted by Gasteiger charge is 2.57. The monoisotopic (exact) mass is 523 g/mol. The predicted octanol–water partition coefficient (Wildman–Crippen LogP) is 4.52. The van der Waals surface area contributed by atoms with E-state index in [-0.39, 0.29) is 23.9 Å². The molecule has 2 N–H and O–H groups in total. The molecule has 0 unspecified atom stereocenters. The fraction of sp³-hybridized carbons (Fsp3) is 0.696. The van der Waals surface area contributed by atoms with Crippen LogP contribution in [0.4, 0.5) is 4.39 Å². The number of fused-ring (bicyclic) bond motifs is 2. The third-order valence-electron chi connectivity index (χ3n) is 8.28. The fourth-order valence-corrected chi connectivity index (χ4v) is 6.57. The van der Waals surface area contributed by atoms with Crippen molar-refractivity contribution in [1.82, 2.24) is 10.4 Å². The number of hydrogen-bond acceptors (Lipinski definition) is 5. The van der Waals surface area contributed by atoms with E-state index in [1.807, 2.05) is 0 Å². The van der Waals surface area contributed by atoms with Crippen LogP contribution >= 0.6 is 15.9 Å². The van der Waals surface area contributed by atoms with E-state index in [9.17, 15) is 14.3 Å². The minimum Gasteiger partial charge on any atom is -0.393 e. The molecule has 5 rings (SSSR count). The molecule has 4 aliphatic rings. The van der Waals surface area contributed by atoms with Crippen LogP contribution in [0.25, 0.3) is 10.4 Å². The first-order chi connectivity index (χ1) is 15.6. The fourth-order valence-electron chi connectivity index (χ4n) is 6.16. The van der Waals surface area contributed by atoms with E-state index >= 15 is 0 Å². The zero-order chi connectivity index (χ0) is 24.1. The second kappa shape index (κ2) is 9.15.